The minimum atomic E-state index is -0.0666. The third-order valence-electron chi connectivity index (χ3n) is 4.23. The molecule has 2 atom stereocenters. The van der Waals surface area contributed by atoms with Crippen molar-refractivity contribution in [3.05, 3.63) is 12.7 Å². The van der Waals surface area contributed by atoms with Crippen LogP contribution in [0.15, 0.2) is 12.7 Å². The van der Waals surface area contributed by atoms with Crippen molar-refractivity contribution in [1.29, 1.82) is 0 Å². The van der Waals surface area contributed by atoms with Crippen molar-refractivity contribution in [3.63, 3.8) is 0 Å². The Labute approximate surface area is 120 Å². The van der Waals surface area contributed by atoms with Gasteiger partial charge in [-0.3, -0.25) is 4.79 Å². The molecule has 5 nitrogen and oxygen atoms in total. The molecule has 0 bridgehead atoms. The Balaban J connectivity index is 2.03. The predicted molar refractivity (Wildman–Crippen MR) is 75.5 cm³/mol. The maximum atomic E-state index is 12.0. The lowest BCUT2D eigenvalue weighted by Crippen LogP contribution is -2.58. The molecule has 1 amide bonds. The maximum absolute atomic E-state index is 12.0. The number of nitrogens with zero attached hydrogens (tertiary/aromatic N) is 1. The Hall–Kier alpha value is -0.910. The smallest absolute Gasteiger partial charge is 0.248 e. The van der Waals surface area contributed by atoms with Gasteiger partial charge in [0, 0.05) is 32.2 Å². The topological polar surface area (TPSA) is 48.0 Å². The van der Waals surface area contributed by atoms with Crippen molar-refractivity contribution < 1.29 is 19.0 Å². The van der Waals surface area contributed by atoms with Gasteiger partial charge in [0.15, 0.2) is 0 Å². The number of rotatable bonds is 6. The molecule has 2 heterocycles. The first kappa shape index (κ1) is 15.5. The third kappa shape index (κ3) is 3.40. The highest BCUT2D eigenvalue weighted by Gasteiger charge is 2.47. The second kappa shape index (κ2) is 7.20. The first-order chi connectivity index (χ1) is 9.72. The maximum Gasteiger partial charge on any atom is 0.248 e. The summed E-state index contributed by atoms with van der Waals surface area (Å²) in [6.07, 6.45) is 4.91. The molecule has 2 saturated heterocycles. The monoisotopic (exact) mass is 283 g/mol. The molecule has 2 rings (SSSR count). The number of piperidine rings is 1. The van der Waals surface area contributed by atoms with E-state index in [0.29, 0.717) is 19.8 Å². The van der Waals surface area contributed by atoms with Gasteiger partial charge >= 0.3 is 0 Å². The summed E-state index contributed by atoms with van der Waals surface area (Å²) in [4.78, 5) is 13.9. The van der Waals surface area contributed by atoms with E-state index in [4.69, 9.17) is 14.2 Å². The van der Waals surface area contributed by atoms with Crippen molar-refractivity contribution >= 4 is 5.91 Å². The molecule has 0 N–H and O–H groups in total. The second-order valence-corrected chi connectivity index (χ2v) is 5.67. The number of hydrogen-bond donors (Lipinski definition) is 0. The molecule has 2 fully saturated rings. The van der Waals surface area contributed by atoms with Gasteiger partial charge in [0.25, 0.3) is 0 Å². The van der Waals surface area contributed by atoms with Crippen LogP contribution in [0.25, 0.3) is 0 Å². The van der Waals surface area contributed by atoms with Gasteiger partial charge in [-0.05, 0) is 19.3 Å². The molecule has 0 aromatic rings. The standard InChI is InChI=1S/C15H25NO4/c1-3-8-19-12-15-6-4-9-20-13(15)5-7-16(11-15)14(17)10-18-2/h3,13H,1,4-12H2,2H3/t13-,15-/m1/s1. The van der Waals surface area contributed by atoms with Crippen LogP contribution in [0.3, 0.4) is 0 Å². The summed E-state index contributed by atoms with van der Waals surface area (Å²) in [5, 5.41) is 0. The summed E-state index contributed by atoms with van der Waals surface area (Å²) >= 11 is 0. The average molecular weight is 283 g/mol. The Bertz CT molecular complexity index is 347. The van der Waals surface area contributed by atoms with Crippen LogP contribution in [0.5, 0.6) is 0 Å². The van der Waals surface area contributed by atoms with Crippen LogP contribution in [0, 0.1) is 5.41 Å². The van der Waals surface area contributed by atoms with Gasteiger partial charge in [-0.15, -0.1) is 6.58 Å². The van der Waals surface area contributed by atoms with Gasteiger partial charge in [-0.25, -0.2) is 0 Å². The molecule has 2 aliphatic rings. The van der Waals surface area contributed by atoms with Crippen molar-refractivity contribution in [1.82, 2.24) is 4.90 Å². The number of hydrogen-bond acceptors (Lipinski definition) is 4. The molecule has 0 aliphatic carbocycles. The van der Waals surface area contributed by atoms with Gasteiger partial charge in [0.2, 0.25) is 5.91 Å². The van der Waals surface area contributed by atoms with Crippen LogP contribution in [-0.2, 0) is 19.0 Å². The largest absolute Gasteiger partial charge is 0.377 e. The summed E-state index contributed by atoms with van der Waals surface area (Å²) in [5.74, 6) is 0.0552. The molecule has 0 unspecified atom stereocenters. The van der Waals surface area contributed by atoms with Crippen LogP contribution in [0.4, 0.5) is 0 Å². The fraction of sp³-hybridized carbons (Fsp3) is 0.800. The van der Waals surface area contributed by atoms with Crippen molar-refractivity contribution in [3.8, 4) is 0 Å². The molecule has 0 saturated carbocycles. The number of fused-ring (bicyclic) bond motifs is 1. The number of carbonyl (C=O) groups excluding carboxylic acids is 1. The highest BCUT2D eigenvalue weighted by atomic mass is 16.5. The SMILES string of the molecule is C=CCOC[C@]12CCCO[C@@H]1CCN(C(=O)COC)C2. The van der Waals surface area contributed by atoms with Crippen LogP contribution in [-0.4, -0.2) is 63.5 Å². The molecular formula is C15H25NO4. The minimum absolute atomic E-state index is 0.0552. The molecule has 0 radical (unpaired) electrons. The zero-order valence-electron chi connectivity index (χ0n) is 12.3. The van der Waals surface area contributed by atoms with Gasteiger partial charge in [0.1, 0.15) is 6.61 Å². The highest BCUT2D eigenvalue weighted by molar-refractivity contribution is 5.77. The average Bonchev–Trinajstić information content (AvgIpc) is 2.47. The number of ether oxygens (including phenoxy) is 3. The number of carbonyl (C=O) groups is 1. The molecule has 20 heavy (non-hydrogen) atoms. The Morgan fingerprint density at radius 3 is 3.20 bits per heavy atom. The molecule has 0 spiro atoms. The van der Waals surface area contributed by atoms with E-state index in [9.17, 15) is 4.79 Å². The van der Waals surface area contributed by atoms with Gasteiger partial charge in [-0.1, -0.05) is 6.08 Å². The van der Waals surface area contributed by atoms with E-state index in [1.54, 1.807) is 13.2 Å². The minimum Gasteiger partial charge on any atom is -0.377 e. The summed E-state index contributed by atoms with van der Waals surface area (Å²) in [6.45, 7) is 7.26. The summed E-state index contributed by atoms with van der Waals surface area (Å²) in [7, 11) is 1.55. The fourth-order valence-corrected chi connectivity index (χ4v) is 3.27. The molecule has 114 valence electrons. The van der Waals surface area contributed by atoms with E-state index < -0.39 is 0 Å². The number of methoxy groups -OCH3 is 1. The molecule has 0 aromatic carbocycles. The van der Waals surface area contributed by atoms with E-state index in [2.05, 4.69) is 6.58 Å². The second-order valence-electron chi connectivity index (χ2n) is 5.67. The number of amides is 1. The quantitative estimate of drug-likeness (QED) is 0.543. The summed E-state index contributed by atoms with van der Waals surface area (Å²) in [5.41, 5.74) is -0.0666. The fourth-order valence-electron chi connectivity index (χ4n) is 3.27. The zero-order chi connectivity index (χ0) is 14.4. The Morgan fingerprint density at radius 2 is 2.45 bits per heavy atom. The van der Waals surface area contributed by atoms with E-state index in [0.717, 1.165) is 32.4 Å². The number of likely N-dealkylation sites (tertiary alicyclic amines) is 1. The first-order valence-corrected chi connectivity index (χ1v) is 7.29. The third-order valence-corrected chi connectivity index (χ3v) is 4.23. The van der Waals surface area contributed by atoms with Crippen LogP contribution in [0.2, 0.25) is 0 Å². The van der Waals surface area contributed by atoms with E-state index in [-0.39, 0.29) is 24.0 Å². The van der Waals surface area contributed by atoms with Crippen molar-refractivity contribution in [2.24, 2.45) is 5.41 Å². The van der Waals surface area contributed by atoms with Crippen LogP contribution in [0.1, 0.15) is 19.3 Å². The van der Waals surface area contributed by atoms with Crippen LogP contribution >= 0.6 is 0 Å². The Kier molecular flexibility index (Phi) is 5.57. The summed E-state index contributed by atoms with van der Waals surface area (Å²) in [6, 6.07) is 0. The van der Waals surface area contributed by atoms with Crippen molar-refractivity contribution in [2.45, 2.75) is 25.4 Å². The van der Waals surface area contributed by atoms with Gasteiger partial charge in [0.05, 0.1) is 19.3 Å². The lowest BCUT2D eigenvalue weighted by atomic mass is 9.73. The summed E-state index contributed by atoms with van der Waals surface area (Å²) < 4.78 is 16.6. The highest BCUT2D eigenvalue weighted by Crippen LogP contribution is 2.40. The van der Waals surface area contributed by atoms with Gasteiger partial charge < -0.3 is 19.1 Å². The lowest BCUT2D eigenvalue weighted by molar-refractivity contribution is -0.165. The van der Waals surface area contributed by atoms with E-state index in [1.807, 2.05) is 4.90 Å². The zero-order valence-corrected chi connectivity index (χ0v) is 12.3. The normalized spacial score (nSPS) is 29.9. The van der Waals surface area contributed by atoms with Crippen molar-refractivity contribution in [2.75, 3.05) is 46.6 Å². The molecular weight excluding hydrogens is 258 g/mol. The van der Waals surface area contributed by atoms with E-state index in [1.165, 1.54) is 0 Å². The Morgan fingerprint density at radius 1 is 1.60 bits per heavy atom. The molecule has 5 heteroatoms. The van der Waals surface area contributed by atoms with E-state index >= 15 is 0 Å². The predicted octanol–water partition coefficient (Wildman–Crippen LogP) is 1.23. The lowest BCUT2D eigenvalue weighted by Gasteiger charge is -2.50. The molecule has 0 aromatic heterocycles. The first-order valence-electron chi connectivity index (χ1n) is 7.29. The molecule has 2 aliphatic heterocycles. The van der Waals surface area contributed by atoms with Crippen LogP contribution < -0.4 is 0 Å². The van der Waals surface area contributed by atoms with Gasteiger partial charge in [-0.2, -0.15) is 0 Å².